The molecule has 0 aliphatic carbocycles. The van der Waals surface area contributed by atoms with Crippen molar-refractivity contribution < 1.29 is 13.2 Å². The monoisotopic (exact) mass is 525 g/mol. The maximum absolute atomic E-state index is 12.7. The van der Waals surface area contributed by atoms with E-state index in [9.17, 15) is 13.2 Å². The molecule has 1 aliphatic heterocycles. The summed E-state index contributed by atoms with van der Waals surface area (Å²) in [5.41, 5.74) is 0.348. The Bertz CT molecular complexity index is 758. The van der Waals surface area contributed by atoms with Crippen molar-refractivity contribution in [2.24, 2.45) is 4.99 Å². The number of aromatic nitrogens is 1. The molecule has 10 heteroatoms. The number of guanidine groups is 1. The Balaban J connectivity index is 0.00000280. The Morgan fingerprint density at radius 3 is 2.43 bits per heavy atom. The zero-order valence-electron chi connectivity index (χ0n) is 15.4. The number of nitrogens with one attached hydrogen (secondary N) is 1. The highest BCUT2D eigenvalue weighted by atomic mass is 127. The summed E-state index contributed by atoms with van der Waals surface area (Å²) in [6.07, 6.45) is -4.41. The fraction of sp³-hybridized carbons (Fsp3) is 0.444. The minimum absolute atomic E-state index is 0. The van der Waals surface area contributed by atoms with E-state index in [1.807, 2.05) is 25.1 Å². The van der Waals surface area contributed by atoms with Crippen LogP contribution in [0.2, 0.25) is 0 Å². The number of benzene rings is 1. The van der Waals surface area contributed by atoms with Crippen molar-refractivity contribution in [1.82, 2.24) is 15.2 Å². The van der Waals surface area contributed by atoms with Crippen molar-refractivity contribution in [1.29, 1.82) is 0 Å². The highest BCUT2D eigenvalue weighted by Gasteiger charge is 2.33. The standard InChI is InChI=1S/C18H22F3N5S.HI/c1-2-22-17(23-12-16-24-15(13-27-16)18(19,20)21)26-10-8-25(9-11-26)14-6-4-3-5-7-14;/h3-7,13H,2,8-12H2,1H3,(H,22,23);1H. The van der Waals surface area contributed by atoms with Crippen LogP contribution in [0.3, 0.4) is 0 Å². The first-order chi connectivity index (χ1) is 13.0. The lowest BCUT2D eigenvalue weighted by atomic mass is 10.2. The summed E-state index contributed by atoms with van der Waals surface area (Å²) < 4.78 is 38.0. The van der Waals surface area contributed by atoms with Gasteiger partial charge in [-0.15, -0.1) is 35.3 Å². The molecule has 0 bridgehead atoms. The van der Waals surface area contributed by atoms with Crippen molar-refractivity contribution in [2.45, 2.75) is 19.6 Å². The van der Waals surface area contributed by atoms with Gasteiger partial charge in [0.05, 0.1) is 6.54 Å². The van der Waals surface area contributed by atoms with Crippen LogP contribution in [-0.4, -0.2) is 48.6 Å². The van der Waals surface area contributed by atoms with Gasteiger partial charge in [0.15, 0.2) is 11.7 Å². The molecule has 28 heavy (non-hydrogen) atoms. The van der Waals surface area contributed by atoms with Gasteiger partial charge in [0, 0.05) is 43.8 Å². The number of aliphatic imine (C=N–C) groups is 1. The van der Waals surface area contributed by atoms with Crippen molar-refractivity contribution in [3.8, 4) is 0 Å². The quantitative estimate of drug-likeness (QED) is 0.372. The van der Waals surface area contributed by atoms with E-state index in [4.69, 9.17) is 0 Å². The van der Waals surface area contributed by atoms with Gasteiger partial charge >= 0.3 is 6.18 Å². The van der Waals surface area contributed by atoms with Crippen LogP contribution in [0.25, 0.3) is 0 Å². The lowest BCUT2D eigenvalue weighted by molar-refractivity contribution is -0.140. The summed E-state index contributed by atoms with van der Waals surface area (Å²) in [6, 6.07) is 10.2. The predicted octanol–water partition coefficient (Wildman–Crippen LogP) is 4.07. The van der Waals surface area contributed by atoms with Crippen LogP contribution < -0.4 is 10.2 Å². The van der Waals surface area contributed by atoms with Crippen molar-refractivity contribution >= 4 is 47.0 Å². The maximum atomic E-state index is 12.7. The summed E-state index contributed by atoms with van der Waals surface area (Å²) in [6.45, 7) is 6.14. The van der Waals surface area contributed by atoms with E-state index in [0.29, 0.717) is 17.5 Å². The van der Waals surface area contributed by atoms with Gasteiger partial charge < -0.3 is 15.1 Å². The van der Waals surface area contributed by atoms with E-state index in [-0.39, 0.29) is 30.5 Å². The van der Waals surface area contributed by atoms with Crippen molar-refractivity contribution in [3.63, 3.8) is 0 Å². The molecule has 1 aromatic heterocycles. The van der Waals surface area contributed by atoms with Gasteiger partial charge in [-0.3, -0.25) is 0 Å². The van der Waals surface area contributed by atoms with Gasteiger partial charge in [-0.1, -0.05) is 18.2 Å². The Morgan fingerprint density at radius 1 is 1.18 bits per heavy atom. The zero-order valence-corrected chi connectivity index (χ0v) is 18.6. The molecule has 2 heterocycles. The van der Waals surface area contributed by atoms with Crippen LogP contribution in [0.15, 0.2) is 40.7 Å². The fourth-order valence-electron chi connectivity index (χ4n) is 2.90. The Morgan fingerprint density at radius 2 is 1.86 bits per heavy atom. The van der Waals surface area contributed by atoms with E-state index >= 15 is 0 Å². The number of para-hydroxylation sites is 1. The minimum atomic E-state index is -4.41. The largest absolute Gasteiger partial charge is 0.434 e. The highest BCUT2D eigenvalue weighted by Crippen LogP contribution is 2.30. The summed E-state index contributed by atoms with van der Waals surface area (Å²) in [4.78, 5) is 12.6. The average molecular weight is 525 g/mol. The van der Waals surface area contributed by atoms with Gasteiger partial charge in [-0.2, -0.15) is 13.2 Å². The first-order valence-corrected chi connectivity index (χ1v) is 9.70. The van der Waals surface area contributed by atoms with Crippen molar-refractivity contribution in [2.75, 3.05) is 37.6 Å². The molecule has 0 radical (unpaired) electrons. The lowest BCUT2D eigenvalue weighted by Gasteiger charge is -2.37. The molecule has 0 saturated carbocycles. The summed E-state index contributed by atoms with van der Waals surface area (Å²) in [5, 5.41) is 4.63. The van der Waals surface area contributed by atoms with Crippen molar-refractivity contribution in [3.05, 3.63) is 46.4 Å². The van der Waals surface area contributed by atoms with Crippen LogP contribution in [0.4, 0.5) is 18.9 Å². The third-order valence-corrected chi connectivity index (χ3v) is 5.08. The third kappa shape index (κ3) is 5.97. The molecule has 1 fully saturated rings. The average Bonchev–Trinajstić information content (AvgIpc) is 3.16. The lowest BCUT2D eigenvalue weighted by Crippen LogP contribution is -2.52. The van der Waals surface area contributed by atoms with E-state index in [2.05, 4.69) is 37.2 Å². The molecule has 1 saturated heterocycles. The molecule has 0 atom stereocenters. The summed E-state index contributed by atoms with van der Waals surface area (Å²) in [5.74, 6) is 0.717. The van der Waals surface area contributed by atoms with Crippen LogP contribution >= 0.6 is 35.3 Å². The molecule has 0 amide bonds. The topological polar surface area (TPSA) is 43.8 Å². The molecule has 5 nitrogen and oxygen atoms in total. The number of nitrogens with zero attached hydrogens (tertiary/aromatic N) is 4. The molecule has 1 aromatic carbocycles. The van der Waals surface area contributed by atoms with Crippen LogP contribution in [0.5, 0.6) is 0 Å². The van der Waals surface area contributed by atoms with Gasteiger partial charge in [0.1, 0.15) is 5.01 Å². The number of alkyl halides is 3. The van der Waals surface area contributed by atoms with Crippen LogP contribution in [-0.2, 0) is 12.7 Å². The Labute approximate surface area is 183 Å². The first kappa shape index (κ1) is 22.7. The molecular formula is C18H23F3IN5S. The molecule has 0 spiro atoms. The second-order valence-electron chi connectivity index (χ2n) is 6.10. The smallest absolute Gasteiger partial charge is 0.368 e. The number of hydrogen-bond acceptors (Lipinski definition) is 4. The zero-order chi connectivity index (χ0) is 19.3. The number of rotatable bonds is 4. The molecule has 0 unspecified atom stereocenters. The van der Waals surface area contributed by atoms with E-state index in [1.54, 1.807) is 0 Å². The van der Waals surface area contributed by atoms with Gasteiger partial charge in [0.2, 0.25) is 0 Å². The van der Waals surface area contributed by atoms with E-state index in [1.165, 1.54) is 5.69 Å². The number of thiazole rings is 1. The van der Waals surface area contributed by atoms with E-state index in [0.717, 1.165) is 42.9 Å². The van der Waals surface area contributed by atoms with Crippen LogP contribution in [0, 0.1) is 0 Å². The number of hydrogen-bond donors (Lipinski definition) is 1. The van der Waals surface area contributed by atoms with Gasteiger partial charge in [-0.05, 0) is 19.1 Å². The number of halogens is 4. The first-order valence-electron chi connectivity index (χ1n) is 8.82. The SMILES string of the molecule is CCNC(=NCc1nc(C(F)(F)F)cs1)N1CCN(c2ccccc2)CC1.I. The molecule has 1 N–H and O–H groups in total. The maximum Gasteiger partial charge on any atom is 0.434 e. The second kappa shape index (κ2) is 10.3. The predicted molar refractivity (Wildman–Crippen MR) is 118 cm³/mol. The Kier molecular flexibility index (Phi) is 8.35. The van der Waals surface area contributed by atoms with Gasteiger partial charge in [0.25, 0.3) is 0 Å². The second-order valence-corrected chi connectivity index (χ2v) is 7.05. The number of anilines is 1. The van der Waals surface area contributed by atoms with E-state index < -0.39 is 11.9 Å². The third-order valence-electron chi connectivity index (χ3n) is 4.24. The normalized spacial score (nSPS) is 15.4. The highest BCUT2D eigenvalue weighted by molar-refractivity contribution is 14.0. The van der Waals surface area contributed by atoms with Crippen LogP contribution in [0.1, 0.15) is 17.6 Å². The molecule has 2 aromatic rings. The van der Waals surface area contributed by atoms with Gasteiger partial charge in [-0.25, -0.2) is 9.98 Å². The molecule has 3 rings (SSSR count). The molecular weight excluding hydrogens is 502 g/mol. The fourth-order valence-corrected chi connectivity index (χ4v) is 3.62. The molecule has 1 aliphatic rings. The minimum Gasteiger partial charge on any atom is -0.368 e. The summed E-state index contributed by atoms with van der Waals surface area (Å²) >= 11 is 0.988. The molecule has 154 valence electrons. The Hall–Kier alpha value is -1.56. The summed E-state index contributed by atoms with van der Waals surface area (Å²) in [7, 11) is 0. The number of piperazine rings is 1.